The van der Waals surface area contributed by atoms with E-state index in [9.17, 15) is 4.39 Å². The van der Waals surface area contributed by atoms with Gasteiger partial charge in [0.15, 0.2) is 0 Å². The Hall–Kier alpha value is -1.32. The predicted molar refractivity (Wildman–Crippen MR) is 73.2 cm³/mol. The summed E-state index contributed by atoms with van der Waals surface area (Å²) in [4.78, 5) is 4.06. The summed E-state index contributed by atoms with van der Waals surface area (Å²) in [7, 11) is 0. The predicted octanol–water partition coefficient (Wildman–Crippen LogP) is 4.66. The van der Waals surface area contributed by atoms with Crippen LogP contribution in [0.1, 0.15) is 11.1 Å². The van der Waals surface area contributed by atoms with Crippen molar-refractivity contribution in [3.63, 3.8) is 0 Å². The first-order valence-corrected chi connectivity index (χ1v) is 6.24. The molecule has 0 bridgehead atoms. The quantitative estimate of drug-likeness (QED) is 0.829. The Morgan fingerprint density at radius 3 is 2.72 bits per heavy atom. The summed E-state index contributed by atoms with van der Waals surface area (Å²) in [6, 6.07) is 4.48. The molecule has 0 aliphatic heterocycles. The average Bonchev–Trinajstić information content (AvgIpc) is 2.35. The van der Waals surface area contributed by atoms with Crippen LogP contribution in [0.3, 0.4) is 0 Å². The van der Waals surface area contributed by atoms with E-state index in [4.69, 9.17) is 23.2 Å². The molecule has 94 valence electrons. The van der Waals surface area contributed by atoms with Crippen molar-refractivity contribution in [1.29, 1.82) is 0 Å². The van der Waals surface area contributed by atoms with Crippen LogP contribution in [0.4, 0.5) is 15.8 Å². The van der Waals surface area contributed by atoms with Gasteiger partial charge in [-0.15, -0.1) is 11.6 Å². The lowest BCUT2D eigenvalue weighted by Crippen LogP contribution is -1.99. The average molecular weight is 285 g/mol. The van der Waals surface area contributed by atoms with Gasteiger partial charge in [-0.2, -0.15) is 0 Å². The van der Waals surface area contributed by atoms with Gasteiger partial charge in [0.2, 0.25) is 0 Å². The molecule has 0 radical (unpaired) electrons. The molecule has 0 unspecified atom stereocenters. The second-order valence-electron chi connectivity index (χ2n) is 3.85. The van der Waals surface area contributed by atoms with Crippen molar-refractivity contribution in [3.8, 4) is 0 Å². The van der Waals surface area contributed by atoms with Crippen LogP contribution < -0.4 is 5.32 Å². The highest BCUT2D eigenvalue weighted by Crippen LogP contribution is 2.26. The first kappa shape index (κ1) is 13.1. The summed E-state index contributed by atoms with van der Waals surface area (Å²) >= 11 is 11.5. The summed E-state index contributed by atoms with van der Waals surface area (Å²) in [5.41, 5.74) is 2.95. The molecule has 2 rings (SSSR count). The van der Waals surface area contributed by atoms with Gasteiger partial charge in [0.25, 0.3) is 0 Å². The van der Waals surface area contributed by atoms with E-state index in [1.807, 2.05) is 6.92 Å². The third-order valence-electron chi connectivity index (χ3n) is 2.66. The number of hydrogen-bond acceptors (Lipinski definition) is 2. The summed E-state index contributed by atoms with van der Waals surface area (Å²) in [6.45, 7) is 1.91. The largest absolute Gasteiger partial charge is 0.352 e. The second-order valence-corrected chi connectivity index (χ2v) is 4.56. The van der Waals surface area contributed by atoms with Crippen molar-refractivity contribution in [2.24, 2.45) is 0 Å². The Balaban J connectivity index is 2.34. The van der Waals surface area contributed by atoms with Crippen molar-refractivity contribution in [1.82, 2.24) is 4.98 Å². The van der Waals surface area contributed by atoms with Crippen LogP contribution in [0.25, 0.3) is 0 Å². The minimum atomic E-state index is -0.404. The van der Waals surface area contributed by atoms with E-state index in [0.29, 0.717) is 16.6 Å². The number of nitrogens with one attached hydrogen (secondary N) is 1. The maximum absolute atomic E-state index is 13.7. The molecule has 18 heavy (non-hydrogen) atoms. The van der Waals surface area contributed by atoms with Crippen LogP contribution in [0.15, 0.2) is 30.6 Å². The zero-order valence-corrected chi connectivity index (χ0v) is 11.2. The maximum atomic E-state index is 13.7. The highest BCUT2D eigenvalue weighted by molar-refractivity contribution is 6.30. The fourth-order valence-corrected chi connectivity index (χ4v) is 1.99. The lowest BCUT2D eigenvalue weighted by molar-refractivity contribution is 0.632. The molecule has 0 fully saturated rings. The number of benzene rings is 1. The van der Waals surface area contributed by atoms with E-state index in [-0.39, 0.29) is 0 Å². The SMILES string of the molecule is Cc1c(CCl)cncc1Nc1ccc(Cl)cc1F. The Bertz CT molecular complexity index is 573. The molecule has 2 aromatic rings. The van der Waals surface area contributed by atoms with E-state index in [0.717, 1.165) is 16.8 Å². The van der Waals surface area contributed by atoms with Gasteiger partial charge in [-0.1, -0.05) is 11.6 Å². The van der Waals surface area contributed by atoms with Crippen LogP contribution in [0, 0.1) is 12.7 Å². The van der Waals surface area contributed by atoms with Gasteiger partial charge in [-0.25, -0.2) is 4.39 Å². The molecule has 0 spiro atoms. The summed E-state index contributed by atoms with van der Waals surface area (Å²) < 4.78 is 13.7. The molecule has 0 atom stereocenters. The number of halogens is 3. The van der Waals surface area contributed by atoms with Gasteiger partial charge in [-0.05, 0) is 36.2 Å². The summed E-state index contributed by atoms with van der Waals surface area (Å²) in [5, 5.41) is 3.35. The van der Waals surface area contributed by atoms with Gasteiger partial charge in [0, 0.05) is 17.1 Å². The fourth-order valence-electron chi connectivity index (χ4n) is 1.57. The van der Waals surface area contributed by atoms with Crippen molar-refractivity contribution in [3.05, 3.63) is 52.6 Å². The number of alkyl halides is 1. The van der Waals surface area contributed by atoms with E-state index < -0.39 is 5.82 Å². The normalized spacial score (nSPS) is 10.4. The Labute approximate surface area is 115 Å². The molecule has 0 amide bonds. The van der Waals surface area contributed by atoms with Gasteiger partial charge in [0.05, 0.1) is 17.6 Å². The molecule has 0 aliphatic carbocycles. The van der Waals surface area contributed by atoms with E-state index in [1.54, 1.807) is 24.5 Å². The minimum Gasteiger partial charge on any atom is -0.352 e. The summed E-state index contributed by atoms with van der Waals surface area (Å²) in [5.74, 6) is -0.0320. The van der Waals surface area contributed by atoms with Crippen molar-refractivity contribution in [2.75, 3.05) is 5.32 Å². The lowest BCUT2D eigenvalue weighted by Gasteiger charge is -2.12. The standard InChI is InChI=1S/C13H11Cl2FN2/c1-8-9(5-14)6-17-7-13(8)18-12-3-2-10(15)4-11(12)16/h2-4,6-7,18H,5H2,1H3. The Morgan fingerprint density at radius 1 is 1.28 bits per heavy atom. The smallest absolute Gasteiger partial charge is 0.148 e. The van der Waals surface area contributed by atoms with Crippen LogP contribution in [-0.4, -0.2) is 4.98 Å². The van der Waals surface area contributed by atoms with Crippen LogP contribution >= 0.6 is 23.2 Å². The van der Waals surface area contributed by atoms with E-state index >= 15 is 0 Å². The first-order chi connectivity index (χ1) is 8.61. The number of rotatable bonds is 3. The summed E-state index contributed by atoms with van der Waals surface area (Å²) in [6.07, 6.45) is 3.34. The number of hydrogen-bond donors (Lipinski definition) is 1. The molecule has 1 aromatic carbocycles. The number of nitrogens with zero attached hydrogens (tertiary/aromatic N) is 1. The van der Waals surface area contributed by atoms with Crippen molar-refractivity contribution >= 4 is 34.6 Å². The maximum Gasteiger partial charge on any atom is 0.148 e. The molecule has 0 aliphatic rings. The third-order valence-corrected chi connectivity index (χ3v) is 3.19. The zero-order valence-electron chi connectivity index (χ0n) is 9.67. The second kappa shape index (κ2) is 5.55. The van der Waals surface area contributed by atoms with Crippen molar-refractivity contribution < 1.29 is 4.39 Å². The number of pyridine rings is 1. The zero-order chi connectivity index (χ0) is 13.1. The monoisotopic (exact) mass is 284 g/mol. The molecule has 1 aromatic heterocycles. The molecular weight excluding hydrogens is 274 g/mol. The van der Waals surface area contributed by atoms with Crippen LogP contribution in [-0.2, 0) is 5.88 Å². The highest BCUT2D eigenvalue weighted by atomic mass is 35.5. The van der Waals surface area contributed by atoms with E-state index in [1.165, 1.54) is 6.07 Å². The van der Waals surface area contributed by atoms with Crippen molar-refractivity contribution in [2.45, 2.75) is 12.8 Å². The molecule has 1 heterocycles. The molecular formula is C13H11Cl2FN2. The lowest BCUT2D eigenvalue weighted by atomic mass is 10.1. The van der Waals surface area contributed by atoms with Gasteiger partial charge in [0.1, 0.15) is 5.82 Å². The first-order valence-electron chi connectivity index (χ1n) is 5.33. The van der Waals surface area contributed by atoms with Crippen LogP contribution in [0.2, 0.25) is 5.02 Å². The van der Waals surface area contributed by atoms with Gasteiger partial charge in [-0.3, -0.25) is 4.98 Å². The number of aromatic nitrogens is 1. The molecule has 5 heteroatoms. The third kappa shape index (κ3) is 2.74. The topological polar surface area (TPSA) is 24.9 Å². The highest BCUT2D eigenvalue weighted by Gasteiger charge is 2.07. The van der Waals surface area contributed by atoms with Crippen LogP contribution in [0.5, 0.6) is 0 Å². The Kier molecular flexibility index (Phi) is 4.04. The number of anilines is 2. The Morgan fingerprint density at radius 2 is 2.06 bits per heavy atom. The van der Waals surface area contributed by atoms with Gasteiger partial charge < -0.3 is 5.32 Å². The van der Waals surface area contributed by atoms with E-state index in [2.05, 4.69) is 10.3 Å². The molecule has 0 saturated carbocycles. The molecule has 0 saturated heterocycles. The molecule has 1 N–H and O–H groups in total. The van der Waals surface area contributed by atoms with Gasteiger partial charge >= 0.3 is 0 Å². The minimum absolute atomic E-state index is 0.357. The fraction of sp³-hybridized carbons (Fsp3) is 0.154. The molecule has 2 nitrogen and oxygen atoms in total.